The monoisotopic (exact) mass is 358 g/mol. The van der Waals surface area contributed by atoms with Crippen LogP contribution in [0.3, 0.4) is 0 Å². The van der Waals surface area contributed by atoms with Gasteiger partial charge in [0.1, 0.15) is 0 Å². The Morgan fingerprint density at radius 3 is 2.46 bits per heavy atom. The van der Waals surface area contributed by atoms with E-state index in [4.69, 9.17) is 5.11 Å². The molecule has 0 aliphatic heterocycles. The molecule has 0 amide bonds. The van der Waals surface area contributed by atoms with Crippen LogP contribution in [0.2, 0.25) is 0 Å². The summed E-state index contributed by atoms with van der Waals surface area (Å²) >= 11 is 0. The molecule has 0 aromatic carbocycles. The third kappa shape index (κ3) is 9.33. The third-order valence-corrected chi connectivity index (χ3v) is 4.20. The lowest BCUT2D eigenvalue weighted by molar-refractivity contribution is -0.137. The van der Waals surface area contributed by atoms with Gasteiger partial charge in [-0.15, -0.1) is 0 Å². The van der Waals surface area contributed by atoms with E-state index in [1.807, 2.05) is 18.2 Å². The van der Waals surface area contributed by atoms with Crippen LogP contribution in [-0.2, 0) is 9.59 Å². The molecule has 0 bridgehead atoms. The van der Waals surface area contributed by atoms with Crippen molar-refractivity contribution in [1.82, 2.24) is 0 Å². The van der Waals surface area contributed by atoms with E-state index in [1.165, 1.54) is 6.08 Å². The van der Waals surface area contributed by atoms with Crippen LogP contribution in [0.1, 0.15) is 45.4 Å². The summed E-state index contributed by atoms with van der Waals surface area (Å²) < 4.78 is 0. The van der Waals surface area contributed by atoms with Crippen molar-refractivity contribution in [3.63, 3.8) is 0 Å². The summed E-state index contributed by atoms with van der Waals surface area (Å²) in [6.45, 7) is 2.11. The average Bonchev–Trinajstić information content (AvgIpc) is 2.96. The molecule has 142 valence electrons. The Labute approximate surface area is 156 Å². The van der Waals surface area contributed by atoms with Gasteiger partial charge < -0.3 is 10.2 Å². The highest BCUT2D eigenvalue weighted by Crippen LogP contribution is 2.28. The second-order valence-electron chi connectivity index (χ2n) is 6.36. The lowest BCUT2D eigenvalue weighted by Crippen LogP contribution is -2.16. The van der Waals surface area contributed by atoms with Crippen molar-refractivity contribution in [2.45, 2.75) is 51.6 Å². The molecule has 0 saturated carbocycles. The first-order valence-electron chi connectivity index (χ1n) is 9.29. The summed E-state index contributed by atoms with van der Waals surface area (Å²) in [6.07, 6.45) is 22.3. The first-order chi connectivity index (χ1) is 12.5. The van der Waals surface area contributed by atoms with Gasteiger partial charge in [-0.25, -0.2) is 0 Å². The number of carboxylic acids is 1. The second kappa shape index (κ2) is 13.1. The molecule has 0 unspecified atom stereocenters. The summed E-state index contributed by atoms with van der Waals surface area (Å²) in [6, 6.07) is 0. The number of allylic oxidation sites excluding steroid dienone is 8. The van der Waals surface area contributed by atoms with Crippen molar-refractivity contribution in [1.29, 1.82) is 0 Å². The van der Waals surface area contributed by atoms with Gasteiger partial charge in [-0.05, 0) is 38.2 Å². The van der Waals surface area contributed by atoms with Gasteiger partial charge in [0, 0.05) is 18.3 Å². The molecule has 2 N–H and O–H groups in total. The molecule has 4 heteroatoms. The summed E-state index contributed by atoms with van der Waals surface area (Å²) in [5.74, 6) is -1.37. The van der Waals surface area contributed by atoms with Gasteiger partial charge in [-0.3, -0.25) is 9.59 Å². The van der Waals surface area contributed by atoms with Gasteiger partial charge in [0.05, 0.1) is 6.10 Å². The van der Waals surface area contributed by atoms with Crippen LogP contribution in [0.4, 0.5) is 0 Å². The van der Waals surface area contributed by atoms with Gasteiger partial charge in [-0.1, -0.05) is 61.6 Å². The van der Waals surface area contributed by atoms with E-state index in [0.717, 1.165) is 19.3 Å². The van der Waals surface area contributed by atoms with E-state index < -0.39 is 12.1 Å². The Balaban J connectivity index is 2.32. The molecule has 26 heavy (non-hydrogen) atoms. The van der Waals surface area contributed by atoms with E-state index in [-0.39, 0.29) is 24.0 Å². The molecule has 0 saturated heterocycles. The molecule has 0 heterocycles. The maximum Gasteiger partial charge on any atom is 0.303 e. The summed E-state index contributed by atoms with van der Waals surface area (Å²) in [5, 5.41) is 18.8. The van der Waals surface area contributed by atoms with E-state index >= 15 is 0 Å². The van der Waals surface area contributed by atoms with Gasteiger partial charge in [0.25, 0.3) is 0 Å². The number of carbonyl (C=O) groups is 2. The predicted octanol–water partition coefficient (Wildman–Crippen LogP) is 4.39. The van der Waals surface area contributed by atoms with Gasteiger partial charge in [0.2, 0.25) is 0 Å². The average molecular weight is 358 g/mol. The smallest absolute Gasteiger partial charge is 0.303 e. The van der Waals surface area contributed by atoms with Gasteiger partial charge in [0.15, 0.2) is 5.78 Å². The largest absolute Gasteiger partial charge is 0.481 e. The Morgan fingerprint density at radius 1 is 1.15 bits per heavy atom. The predicted molar refractivity (Wildman–Crippen MR) is 105 cm³/mol. The fourth-order valence-electron chi connectivity index (χ4n) is 2.74. The van der Waals surface area contributed by atoms with E-state index in [9.17, 15) is 14.7 Å². The number of aliphatic carboxylic acids is 1. The molecule has 1 aliphatic rings. The maximum atomic E-state index is 11.8. The van der Waals surface area contributed by atoms with Crippen molar-refractivity contribution in [3.05, 3.63) is 60.8 Å². The number of ketones is 1. The van der Waals surface area contributed by atoms with Crippen molar-refractivity contribution >= 4 is 11.8 Å². The Morgan fingerprint density at radius 2 is 1.81 bits per heavy atom. The van der Waals surface area contributed by atoms with Crippen LogP contribution in [0.15, 0.2) is 60.8 Å². The molecule has 0 aromatic rings. The molecule has 0 fully saturated rings. The first kappa shape index (κ1) is 21.8. The first-order valence-corrected chi connectivity index (χ1v) is 9.29. The zero-order chi connectivity index (χ0) is 19.2. The standard InChI is InChI=1S/C22H30O4/c1-2-3-4-5-6-7-8-9-10-11-19(23)14-12-18-13-16-21(24)20(18)15-17-22(25)26/h3-4,6-7,9-10,12-14,16,18-20,23H,2,5,8,11,15,17H2,1H3,(H,25,26)/b4-3-,7-6+,10-9-,14-12+/t18-,19+,20+/m1/s1. The number of carboxylic acid groups (broad SMARTS) is 1. The number of carbonyl (C=O) groups excluding carboxylic acids is 1. The second-order valence-corrected chi connectivity index (χ2v) is 6.36. The Hall–Kier alpha value is -2.20. The molecule has 4 nitrogen and oxygen atoms in total. The molecule has 0 radical (unpaired) electrons. The van der Waals surface area contributed by atoms with Crippen LogP contribution in [-0.4, -0.2) is 28.1 Å². The van der Waals surface area contributed by atoms with E-state index in [2.05, 4.69) is 31.2 Å². The molecule has 0 aromatic heterocycles. The van der Waals surface area contributed by atoms with Crippen LogP contribution in [0, 0.1) is 11.8 Å². The lowest BCUT2D eigenvalue weighted by atomic mass is 9.89. The highest BCUT2D eigenvalue weighted by atomic mass is 16.4. The summed E-state index contributed by atoms with van der Waals surface area (Å²) in [7, 11) is 0. The number of aliphatic hydroxyl groups excluding tert-OH is 1. The molecular formula is C22H30O4. The van der Waals surface area contributed by atoms with E-state index in [1.54, 1.807) is 12.2 Å². The van der Waals surface area contributed by atoms with Crippen LogP contribution >= 0.6 is 0 Å². The SMILES string of the molecule is CC/C=C\C/C=C/C/C=C\C[C@H](O)/C=C/[C@@H]1C=CC(=O)[C@H]1CCC(=O)O. The number of hydrogen-bond donors (Lipinski definition) is 2. The quantitative estimate of drug-likeness (QED) is 0.507. The minimum Gasteiger partial charge on any atom is -0.481 e. The Kier molecular flexibility index (Phi) is 11.0. The maximum absolute atomic E-state index is 11.8. The van der Waals surface area contributed by atoms with Crippen molar-refractivity contribution in [3.8, 4) is 0 Å². The van der Waals surface area contributed by atoms with Crippen LogP contribution in [0.25, 0.3) is 0 Å². The number of hydrogen-bond acceptors (Lipinski definition) is 3. The van der Waals surface area contributed by atoms with Gasteiger partial charge in [-0.2, -0.15) is 0 Å². The van der Waals surface area contributed by atoms with Gasteiger partial charge >= 0.3 is 5.97 Å². The third-order valence-electron chi connectivity index (χ3n) is 4.20. The minimum absolute atomic E-state index is 0.0184. The molecule has 1 rings (SSSR count). The van der Waals surface area contributed by atoms with Crippen molar-refractivity contribution in [2.75, 3.05) is 0 Å². The zero-order valence-corrected chi connectivity index (χ0v) is 15.5. The molecular weight excluding hydrogens is 328 g/mol. The topological polar surface area (TPSA) is 74.6 Å². The Bertz CT molecular complexity index is 581. The fraction of sp³-hybridized carbons (Fsp3) is 0.455. The summed E-state index contributed by atoms with van der Waals surface area (Å²) in [5.41, 5.74) is 0. The highest BCUT2D eigenvalue weighted by molar-refractivity contribution is 5.95. The number of aliphatic hydroxyl groups is 1. The molecule has 0 spiro atoms. The molecule has 3 atom stereocenters. The highest BCUT2D eigenvalue weighted by Gasteiger charge is 2.28. The summed E-state index contributed by atoms with van der Waals surface area (Å²) in [4.78, 5) is 22.5. The minimum atomic E-state index is -0.895. The number of rotatable bonds is 12. The van der Waals surface area contributed by atoms with Crippen molar-refractivity contribution in [2.24, 2.45) is 11.8 Å². The molecule has 1 aliphatic carbocycles. The van der Waals surface area contributed by atoms with Crippen LogP contribution in [0.5, 0.6) is 0 Å². The lowest BCUT2D eigenvalue weighted by Gasteiger charge is -2.14. The van der Waals surface area contributed by atoms with E-state index in [0.29, 0.717) is 12.8 Å². The fourth-order valence-corrected chi connectivity index (χ4v) is 2.74. The van der Waals surface area contributed by atoms with Crippen LogP contribution < -0.4 is 0 Å². The normalized spacial score (nSPS) is 21.8. The zero-order valence-electron chi connectivity index (χ0n) is 15.5. The van der Waals surface area contributed by atoms with Crippen molar-refractivity contribution < 1.29 is 19.8 Å².